The Kier molecular flexibility index (Phi) is 6.80. The standard InChI is InChI=1S/C23H28N4O3S/c1-23(2,3)26-20(28)14-27(4)22(30)18(25-21(29)19-10-7-11-31-19)12-15-13-24-17-9-6-5-8-16(15)17/h5-11,13,18,24H,12,14H2,1-4H3,(H,25,29)(H,26,28)/t18-/m0/s1. The van der Waals surface area contributed by atoms with Crippen LogP contribution in [0.25, 0.3) is 10.9 Å². The molecule has 164 valence electrons. The Balaban J connectivity index is 1.79. The van der Waals surface area contributed by atoms with E-state index in [1.54, 1.807) is 19.2 Å². The summed E-state index contributed by atoms with van der Waals surface area (Å²) in [4.78, 5) is 43.3. The normalized spacial score (nSPS) is 12.4. The van der Waals surface area contributed by atoms with Crippen LogP contribution in [0.4, 0.5) is 0 Å². The van der Waals surface area contributed by atoms with E-state index < -0.39 is 11.6 Å². The molecule has 0 aliphatic carbocycles. The van der Waals surface area contributed by atoms with Crippen molar-refractivity contribution in [1.82, 2.24) is 20.5 Å². The lowest BCUT2D eigenvalue weighted by molar-refractivity contribution is -0.136. The molecule has 3 aromatic rings. The summed E-state index contributed by atoms with van der Waals surface area (Å²) in [5.74, 6) is -0.876. The molecule has 3 rings (SSSR count). The van der Waals surface area contributed by atoms with E-state index in [9.17, 15) is 14.4 Å². The molecule has 1 aromatic carbocycles. The van der Waals surface area contributed by atoms with Gasteiger partial charge in [-0.15, -0.1) is 11.3 Å². The molecule has 0 bridgehead atoms. The molecule has 0 saturated carbocycles. The number of para-hydroxylation sites is 1. The second kappa shape index (κ2) is 9.34. The summed E-state index contributed by atoms with van der Waals surface area (Å²) in [6.07, 6.45) is 2.17. The van der Waals surface area contributed by atoms with Crippen molar-refractivity contribution in [2.75, 3.05) is 13.6 Å². The van der Waals surface area contributed by atoms with Crippen LogP contribution in [0, 0.1) is 0 Å². The molecule has 0 unspecified atom stereocenters. The molecule has 0 spiro atoms. The van der Waals surface area contributed by atoms with E-state index in [0.717, 1.165) is 16.5 Å². The van der Waals surface area contributed by atoms with Gasteiger partial charge >= 0.3 is 0 Å². The predicted octanol–water partition coefficient (Wildman–Crippen LogP) is 2.94. The third-order valence-corrected chi connectivity index (χ3v) is 5.59. The van der Waals surface area contributed by atoms with Crippen LogP contribution in [0.5, 0.6) is 0 Å². The van der Waals surface area contributed by atoms with Crippen molar-refractivity contribution in [3.05, 3.63) is 58.4 Å². The van der Waals surface area contributed by atoms with Crippen LogP contribution in [-0.2, 0) is 16.0 Å². The lowest BCUT2D eigenvalue weighted by Gasteiger charge is -2.26. The molecule has 2 heterocycles. The maximum Gasteiger partial charge on any atom is 0.262 e. The van der Waals surface area contributed by atoms with Gasteiger partial charge in [-0.3, -0.25) is 14.4 Å². The number of benzene rings is 1. The molecule has 0 aliphatic heterocycles. The largest absolute Gasteiger partial charge is 0.361 e. The highest BCUT2D eigenvalue weighted by Crippen LogP contribution is 2.20. The van der Waals surface area contributed by atoms with Gasteiger partial charge in [0.05, 0.1) is 11.4 Å². The number of hydrogen-bond acceptors (Lipinski definition) is 4. The summed E-state index contributed by atoms with van der Waals surface area (Å²) in [6.45, 7) is 5.56. The van der Waals surface area contributed by atoms with Crippen molar-refractivity contribution in [2.45, 2.75) is 38.8 Å². The summed E-state index contributed by atoms with van der Waals surface area (Å²) >= 11 is 1.31. The zero-order valence-electron chi connectivity index (χ0n) is 18.2. The fourth-order valence-corrected chi connectivity index (χ4v) is 4.00. The van der Waals surface area contributed by atoms with Crippen LogP contribution in [-0.4, -0.2) is 52.8 Å². The molecule has 0 aliphatic rings. The van der Waals surface area contributed by atoms with Gasteiger partial charge in [0, 0.05) is 36.1 Å². The van der Waals surface area contributed by atoms with Crippen molar-refractivity contribution in [1.29, 1.82) is 0 Å². The molecule has 0 saturated heterocycles. The van der Waals surface area contributed by atoms with Crippen molar-refractivity contribution < 1.29 is 14.4 Å². The van der Waals surface area contributed by atoms with E-state index in [1.165, 1.54) is 16.2 Å². The Bertz CT molecular complexity index is 1070. The quantitative estimate of drug-likeness (QED) is 0.527. The van der Waals surface area contributed by atoms with Gasteiger partial charge in [-0.2, -0.15) is 0 Å². The highest BCUT2D eigenvalue weighted by atomic mass is 32.1. The van der Waals surface area contributed by atoms with Gasteiger partial charge in [0.1, 0.15) is 6.04 Å². The molecular weight excluding hydrogens is 412 g/mol. The van der Waals surface area contributed by atoms with Gasteiger partial charge < -0.3 is 20.5 Å². The Morgan fingerprint density at radius 3 is 2.55 bits per heavy atom. The van der Waals surface area contributed by atoms with Gasteiger partial charge in [-0.1, -0.05) is 24.3 Å². The molecule has 0 fully saturated rings. The van der Waals surface area contributed by atoms with E-state index in [-0.39, 0.29) is 24.3 Å². The summed E-state index contributed by atoms with van der Waals surface area (Å²) in [5, 5.41) is 8.53. The van der Waals surface area contributed by atoms with Crippen molar-refractivity contribution in [3.8, 4) is 0 Å². The molecule has 1 atom stereocenters. The van der Waals surface area contributed by atoms with Crippen molar-refractivity contribution in [2.24, 2.45) is 0 Å². The molecule has 3 amide bonds. The van der Waals surface area contributed by atoms with Crippen LogP contribution in [0.3, 0.4) is 0 Å². The van der Waals surface area contributed by atoms with Gasteiger partial charge in [0.2, 0.25) is 11.8 Å². The zero-order chi connectivity index (χ0) is 22.6. The molecular formula is C23H28N4O3S. The Morgan fingerprint density at radius 2 is 1.87 bits per heavy atom. The highest BCUT2D eigenvalue weighted by molar-refractivity contribution is 7.12. The van der Waals surface area contributed by atoms with Crippen LogP contribution in [0.15, 0.2) is 48.0 Å². The molecule has 31 heavy (non-hydrogen) atoms. The fraction of sp³-hybridized carbons (Fsp3) is 0.348. The first-order valence-electron chi connectivity index (χ1n) is 10.1. The average molecular weight is 441 g/mol. The number of carbonyl (C=O) groups is 3. The minimum absolute atomic E-state index is 0.0879. The minimum Gasteiger partial charge on any atom is -0.361 e. The number of nitrogens with zero attached hydrogens (tertiary/aromatic N) is 1. The number of amides is 3. The van der Waals surface area contributed by atoms with Crippen LogP contribution in [0.1, 0.15) is 36.0 Å². The van der Waals surface area contributed by atoms with E-state index in [4.69, 9.17) is 0 Å². The number of rotatable bonds is 7. The first-order chi connectivity index (χ1) is 14.6. The first kappa shape index (κ1) is 22.6. The molecule has 2 aromatic heterocycles. The Labute approximate surface area is 185 Å². The van der Waals surface area contributed by atoms with E-state index in [1.807, 2.05) is 56.6 Å². The highest BCUT2D eigenvalue weighted by Gasteiger charge is 2.27. The number of H-pyrrole nitrogens is 1. The first-order valence-corrected chi connectivity index (χ1v) is 11.0. The van der Waals surface area contributed by atoms with Gasteiger partial charge in [-0.25, -0.2) is 0 Å². The third-order valence-electron chi connectivity index (χ3n) is 4.72. The second-order valence-electron chi connectivity index (χ2n) is 8.56. The number of hydrogen-bond donors (Lipinski definition) is 3. The lowest BCUT2D eigenvalue weighted by Crippen LogP contribution is -2.52. The van der Waals surface area contributed by atoms with Gasteiger partial charge in [0.25, 0.3) is 5.91 Å². The maximum absolute atomic E-state index is 13.2. The van der Waals surface area contributed by atoms with E-state index >= 15 is 0 Å². The Hall–Kier alpha value is -3.13. The number of fused-ring (bicyclic) bond motifs is 1. The number of aromatic nitrogens is 1. The Morgan fingerprint density at radius 1 is 1.13 bits per heavy atom. The summed E-state index contributed by atoms with van der Waals surface area (Å²) < 4.78 is 0. The summed E-state index contributed by atoms with van der Waals surface area (Å²) in [7, 11) is 1.57. The lowest BCUT2D eigenvalue weighted by atomic mass is 10.0. The maximum atomic E-state index is 13.2. The topological polar surface area (TPSA) is 94.3 Å². The van der Waals surface area contributed by atoms with Gasteiger partial charge in [-0.05, 0) is 43.8 Å². The smallest absolute Gasteiger partial charge is 0.262 e. The van der Waals surface area contributed by atoms with Crippen molar-refractivity contribution in [3.63, 3.8) is 0 Å². The molecule has 7 nitrogen and oxygen atoms in total. The number of nitrogens with one attached hydrogen (secondary N) is 3. The second-order valence-corrected chi connectivity index (χ2v) is 9.51. The number of carbonyl (C=O) groups excluding carboxylic acids is 3. The minimum atomic E-state index is -0.804. The average Bonchev–Trinajstić information content (AvgIpc) is 3.35. The SMILES string of the molecule is CN(CC(=O)NC(C)(C)C)C(=O)[C@H](Cc1c[nH]c2ccccc12)NC(=O)c1cccs1. The number of aromatic amines is 1. The molecule has 8 heteroatoms. The van der Waals surface area contributed by atoms with E-state index in [0.29, 0.717) is 11.3 Å². The number of thiophene rings is 1. The van der Waals surface area contributed by atoms with Crippen LogP contribution < -0.4 is 10.6 Å². The predicted molar refractivity (Wildman–Crippen MR) is 123 cm³/mol. The van der Waals surface area contributed by atoms with E-state index in [2.05, 4.69) is 15.6 Å². The molecule has 3 N–H and O–H groups in total. The van der Waals surface area contributed by atoms with Crippen molar-refractivity contribution >= 4 is 40.0 Å². The number of likely N-dealkylation sites (N-methyl/N-ethyl adjacent to an activating group) is 1. The summed E-state index contributed by atoms with van der Waals surface area (Å²) in [6, 6.07) is 10.5. The van der Waals surface area contributed by atoms with Gasteiger partial charge in [0.15, 0.2) is 0 Å². The van der Waals surface area contributed by atoms with Crippen LogP contribution in [0.2, 0.25) is 0 Å². The monoisotopic (exact) mass is 440 g/mol. The van der Waals surface area contributed by atoms with Crippen LogP contribution >= 0.6 is 11.3 Å². The zero-order valence-corrected chi connectivity index (χ0v) is 19.0. The fourth-order valence-electron chi connectivity index (χ4n) is 3.37. The third kappa shape index (κ3) is 5.95. The molecule has 0 radical (unpaired) electrons. The summed E-state index contributed by atoms with van der Waals surface area (Å²) in [5.41, 5.74) is 1.50.